The van der Waals surface area contributed by atoms with E-state index in [1.165, 1.54) is 0 Å². The van der Waals surface area contributed by atoms with Crippen molar-refractivity contribution in [3.8, 4) is 0 Å². The maximum absolute atomic E-state index is 11.4. The van der Waals surface area contributed by atoms with E-state index in [4.69, 9.17) is 5.11 Å². The number of hydrogen-bond acceptors (Lipinski definition) is 2. The van der Waals surface area contributed by atoms with Crippen LogP contribution in [0.1, 0.15) is 26.7 Å². The van der Waals surface area contributed by atoms with Crippen molar-refractivity contribution in [1.82, 2.24) is 0 Å². The summed E-state index contributed by atoms with van der Waals surface area (Å²) >= 11 is 0. The first-order valence-electron chi connectivity index (χ1n) is 4.30. The zero-order chi connectivity index (χ0) is 9.30. The van der Waals surface area contributed by atoms with Gasteiger partial charge in [0, 0.05) is 11.8 Å². The number of carbonyl (C=O) groups excluding carboxylic acids is 1. The molecular formula is C9H14O3. The van der Waals surface area contributed by atoms with Crippen LogP contribution in [-0.2, 0) is 9.59 Å². The van der Waals surface area contributed by atoms with Crippen LogP contribution in [0.15, 0.2) is 0 Å². The molecule has 1 aliphatic rings. The molecule has 0 aromatic rings. The summed E-state index contributed by atoms with van der Waals surface area (Å²) in [6.07, 6.45) is 1.42. The van der Waals surface area contributed by atoms with Crippen molar-refractivity contribution in [1.29, 1.82) is 0 Å². The van der Waals surface area contributed by atoms with Gasteiger partial charge in [0.15, 0.2) is 0 Å². The number of carboxylic acid groups (broad SMARTS) is 1. The summed E-state index contributed by atoms with van der Waals surface area (Å²) in [6.45, 7) is 3.64. The molecule has 0 aromatic heterocycles. The van der Waals surface area contributed by atoms with E-state index in [-0.39, 0.29) is 17.6 Å². The Hall–Kier alpha value is -0.860. The molecule has 3 nitrogen and oxygen atoms in total. The van der Waals surface area contributed by atoms with Gasteiger partial charge in [-0.25, -0.2) is 0 Å². The van der Waals surface area contributed by atoms with Crippen LogP contribution in [0.3, 0.4) is 0 Å². The van der Waals surface area contributed by atoms with Crippen LogP contribution in [0.5, 0.6) is 0 Å². The molecule has 1 saturated carbocycles. The highest BCUT2D eigenvalue weighted by Gasteiger charge is 2.41. The van der Waals surface area contributed by atoms with Gasteiger partial charge in [0.05, 0.1) is 5.92 Å². The van der Waals surface area contributed by atoms with E-state index in [1.807, 2.05) is 13.8 Å². The highest BCUT2D eigenvalue weighted by molar-refractivity contribution is 5.88. The Morgan fingerprint density at radius 1 is 1.25 bits per heavy atom. The van der Waals surface area contributed by atoms with E-state index in [0.29, 0.717) is 6.42 Å². The molecule has 0 spiro atoms. The zero-order valence-corrected chi connectivity index (χ0v) is 7.41. The molecule has 68 valence electrons. The number of ketones is 1. The maximum atomic E-state index is 11.4. The van der Waals surface area contributed by atoms with Gasteiger partial charge in [0.1, 0.15) is 5.78 Å². The molecule has 0 aliphatic heterocycles. The summed E-state index contributed by atoms with van der Waals surface area (Å²) < 4.78 is 0. The van der Waals surface area contributed by atoms with Gasteiger partial charge in [-0.2, -0.15) is 0 Å². The van der Waals surface area contributed by atoms with Gasteiger partial charge in [-0.3, -0.25) is 9.59 Å². The predicted molar refractivity (Wildman–Crippen MR) is 43.7 cm³/mol. The number of Topliss-reactive ketones (excluding diaryl/α,β-unsaturated/α-hetero) is 1. The lowest BCUT2D eigenvalue weighted by Crippen LogP contribution is -2.39. The van der Waals surface area contributed by atoms with Gasteiger partial charge >= 0.3 is 5.97 Å². The van der Waals surface area contributed by atoms with Gasteiger partial charge in [-0.05, 0) is 12.8 Å². The molecule has 0 aromatic carbocycles. The van der Waals surface area contributed by atoms with Crippen molar-refractivity contribution in [2.45, 2.75) is 26.7 Å². The fourth-order valence-electron chi connectivity index (χ4n) is 1.56. The van der Waals surface area contributed by atoms with Gasteiger partial charge in [-0.15, -0.1) is 0 Å². The highest BCUT2D eigenvalue weighted by Crippen LogP contribution is 2.36. The average Bonchev–Trinajstić information content (AvgIpc) is 1.82. The molecule has 0 heterocycles. The van der Waals surface area contributed by atoms with E-state index in [1.54, 1.807) is 0 Å². The van der Waals surface area contributed by atoms with Crippen molar-refractivity contribution in [2.75, 3.05) is 0 Å². The Labute approximate surface area is 71.8 Å². The topological polar surface area (TPSA) is 54.4 Å². The van der Waals surface area contributed by atoms with Crippen LogP contribution in [0.4, 0.5) is 0 Å². The van der Waals surface area contributed by atoms with Crippen LogP contribution in [0.2, 0.25) is 0 Å². The van der Waals surface area contributed by atoms with Gasteiger partial charge in [0.2, 0.25) is 0 Å². The summed E-state index contributed by atoms with van der Waals surface area (Å²) in [7, 11) is 0. The van der Waals surface area contributed by atoms with E-state index in [2.05, 4.69) is 0 Å². The fraction of sp³-hybridized carbons (Fsp3) is 0.778. The molecule has 1 fully saturated rings. The first-order chi connectivity index (χ1) is 5.54. The third kappa shape index (κ3) is 1.49. The zero-order valence-electron chi connectivity index (χ0n) is 7.41. The second kappa shape index (κ2) is 3.25. The summed E-state index contributed by atoms with van der Waals surface area (Å²) in [6, 6.07) is 0. The SMILES string of the molecule is CC(C)C(=O)[C@@H]1CC[C@H]1C(=O)O. The van der Waals surface area contributed by atoms with Crippen LogP contribution in [-0.4, -0.2) is 16.9 Å². The van der Waals surface area contributed by atoms with E-state index in [0.717, 1.165) is 6.42 Å². The molecule has 1 rings (SSSR count). The molecule has 0 amide bonds. The lowest BCUT2D eigenvalue weighted by Gasteiger charge is -2.33. The number of rotatable bonds is 3. The summed E-state index contributed by atoms with van der Waals surface area (Å²) in [4.78, 5) is 21.9. The minimum Gasteiger partial charge on any atom is -0.481 e. The fourth-order valence-corrected chi connectivity index (χ4v) is 1.56. The Bertz CT molecular complexity index is 208. The van der Waals surface area contributed by atoms with Crippen molar-refractivity contribution in [3.05, 3.63) is 0 Å². The largest absolute Gasteiger partial charge is 0.481 e. The minimum atomic E-state index is -0.819. The normalized spacial score (nSPS) is 28.2. The molecule has 1 aliphatic carbocycles. The third-order valence-corrected chi connectivity index (χ3v) is 2.53. The molecular weight excluding hydrogens is 156 g/mol. The van der Waals surface area contributed by atoms with Crippen LogP contribution < -0.4 is 0 Å². The number of hydrogen-bond donors (Lipinski definition) is 1. The molecule has 0 unspecified atom stereocenters. The molecule has 3 heteroatoms. The average molecular weight is 170 g/mol. The van der Waals surface area contributed by atoms with Crippen LogP contribution in [0.25, 0.3) is 0 Å². The molecule has 0 radical (unpaired) electrons. The standard InChI is InChI=1S/C9H14O3/c1-5(2)8(10)6-3-4-7(6)9(11)12/h5-7H,3-4H2,1-2H3,(H,11,12)/t6-,7-/m1/s1. The Balaban J connectivity index is 2.55. The molecule has 12 heavy (non-hydrogen) atoms. The monoisotopic (exact) mass is 170 g/mol. The quantitative estimate of drug-likeness (QED) is 0.695. The first-order valence-corrected chi connectivity index (χ1v) is 4.30. The number of aliphatic carboxylic acids is 1. The van der Waals surface area contributed by atoms with Gasteiger partial charge in [-0.1, -0.05) is 13.8 Å². The lowest BCUT2D eigenvalue weighted by atomic mass is 9.69. The summed E-state index contributed by atoms with van der Waals surface area (Å²) in [5.41, 5.74) is 0. The molecule has 0 saturated heterocycles. The summed E-state index contributed by atoms with van der Waals surface area (Å²) in [5.74, 6) is -1.35. The van der Waals surface area contributed by atoms with Crippen LogP contribution >= 0.6 is 0 Å². The minimum absolute atomic E-state index is 0.0304. The van der Waals surface area contributed by atoms with E-state index in [9.17, 15) is 9.59 Å². The third-order valence-electron chi connectivity index (χ3n) is 2.53. The Morgan fingerprint density at radius 2 is 1.75 bits per heavy atom. The Morgan fingerprint density at radius 3 is 2.00 bits per heavy atom. The van der Waals surface area contributed by atoms with Crippen molar-refractivity contribution in [2.24, 2.45) is 17.8 Å². The van der Waals surface area contributed by atoms with Crippen molar-refractivity contribution >= 4 is 11.8 Å². The number of carbonyl (C=O) groups is 2. The van der Waals surface area contributed by atoms with Crippen LogP contribution in [0, 0.1) is 17.8 Å². The van der Waals surface area contributed by atoms with E-state index >= 15 is 0 Å². The van der Waals surface area contributed by atoms with Gasteiger partial charge in [0.25, 0.3) is 0 Å². The summed E-state index contributed by atoms with van der Waals surface area (Å²) in [5, 5.41) is 8.68. The first kappa shape index (κ1) is 9.23. The van der Waals surface area contributed by atoms with Gasteiger partial charge < -0.3 is 5.11 Å². The second-order valence-electron chi connectivity index (χ2n) is 3.69. The maximum Gasteiger partial charge on any atom is 0.307 e. The molecule has 0 bridgehead atoms. The molecule has 2 atom stereocenters. The second-order valence-corrected chi connectivity index (χ2v) is 3.69. The Kier molecular flexibility index (Phi) is 2.50. The number of carboxylic acids is 1. The predicted octanol–water partition coefficient (Wildman–Crippen LogP) is 1.32. The smallest absolute Gasteiger partial charge is 0.307 e. The van der Waals surface area contributed by atoms with Crippen molar-refractivity contribution < 1.29 is 14.7 Å². The lowest BCUT2D eigenvalue weighted by molar-refractivity contribution is -0.152. The highest BCUT2D eigenvalue weighted by atomic mass is 16.4. The molecule has 1 N–H and O–H groups in total. The van der Waals surface area contributed by atoms with Crippen molar-refractivity contribution in [3.63, 3.8) is 0 Å². The van der Waals surface area contributed by atoms with E-state index < -0.39 is 11.9 Å².